The summed E-state index contributed by atoms with van der Waals surface area (Å²) in [6.45, 7) is 13.1. The first kappa shape index (κ1) is 15.2. The van der Waals surface area contributed by atoms with Gasteiger partial charge in [-0.3, -0.25) is 0 Å². The van der Waals surface area contributed by atoms with Crippen LogP contribution in [0.15, 0.2) is 24.3 Å². The minimum absolute atomic E-state index is 0.226. The van der Waals surface area contributed by atoms with E-state index in [1.54, 1.807) is 0 Å². The molecular formula is C17H28N2O. The molecule has 0 amide bonds. The van der Waals surface area contributed by atoms with Gasteiger partial charge in [0.15, 0.2) is 0 Å². The highest BCUT2D eigenvalue weighted by atomic mass is 16.5. The lowest BCUT2D eigenvalue weighted by Gasteiger charge is -2.42. The number of nitrogens with zero attached hydrogens (tertiary/aromatic N) is 1. The Morgan fingerprint density at radius 3 is 2.35 bits per heavy atom. The van der Waals surface area contributed by atoms with E-state index in [-0.39, 0.29) is 6.10 Å². The molecule has 1 aliphatic rings. The third kappa shape index (κ3) is 3.66. The van der Waals surface area contributed by atoms with E-state index in [0.29, 0.717) is 18.0 Å². The molecule has 1 aliphatic heterocycles. The van der Waals surface area contributed by atoms with Crippen LogP contribution in [0, 0.1) is 5.92 Å². The first-order chi connectivity index (χ1) is 9.47. The van der Waals surface area contributed by atoms with E-state index in [9.17, 15) is 0 Å². The predicted molar refractivity (Wildman–Crippen MR) is 85.6 cm³/mol. The fraction of sp³-hybridized carbons (Fsp3) is 0.647. The highest BCUT2D eigenvalue weighted by molar-refractivity contribution is 5.50. The Morgan fingerprint density at radius 2 is 1.80 bits per heavy atom. The highest BCUT2D eigenvalue weighted by Crippen LogP contribution is 2.24. The Balaban J connectivity index is 2.08. The number of ether oxygens (including phenoxy) is 1. The molecule has 3 nitrogen and oxygen atoms in total. The van der Waals surface area contributed by atoms with E-state index in [4.69, 9.17) is 4.74 Å². The molecule has 0 aliphatic carbocycles. The SMILES string of the molecule is CC(C)Oc1ccc(N2CC(C(C)C)NCC2C)cc1. The first-order valence-electron chi connectivity index (χ1n) is 7.74. The van der Waals surface area contributed by atoms with Crippen molar-refractivity contribution in [3.05, 3.63) is 24.3 Å². The Bertz CT molecular complexity index is 414. The van der Waals surface area contributed by atoms with Gasteiger partial charge in [-0.1, -0.05) is 13.8 Å². The molecule has 0 spiro atoms. The van der Waals surface area contributed by atoms with Gasteiger partial charge in [-0.25, -0.2) is 0 Å². The van der Waals surface area contributed by atoms with Crippen molar-refractivity contribution in [3.8, 4) is 5.75 Å². The Morgan fingerprint density at radius 1 is 1.15 bits per heavy atom. The number of piperazine rings is 1. The van der Waals surface area contributed by atoms with Gasteiger partial charge in [0, 0.05) is 30.9 Å². The maximum absolute atomic E-state index is 5.71. The van der Waals surface area contributed by atoms with Gasteiger partial charge in [0.2, 0.25) is 0 Å². The topological polar surface area (TPSA) is 24.5 Å². The van der Waals surface area contributed by atoms with Gasteiger partial charge in [0.25, 0.3) is 0 Å². The molecule has 2 unspecified atom stereocenters. The van der Waals surface area contributed by atoms with Crippen LogP contribution in [-0.4, -0.2) is 31.3 Å². The molecule has 0 saturated carbocycles. The molecule has 3 heteroatoms. The van der Waals surface area contributed by atoms with Gasteiger partial charge in [0.05, 0.1) is 6.10 Å². The molecule has 1 aromatic carbocycles. The summed E-state index contributed by atoms with van der Waals surface area (Å²) in [4.78, 5) is 2.50. The predicted octanol–water partition coefficient (Wildman–Crippen LogP) is 3.30. The van der Waals surface area contributed by atoms with Crippen molar-refractivity contribution in [1.29, 1.82) is 0 Å². The summed E-state index contributed by atoms with van der Waals surface area (Å²) in [5.74, 6) is 1.61. The molecule has 1 aromatic rings. The van der Waals surface area contributed by atoms with Crippen molar-refractivity contribution in [2.24, 2.45) is 5.92 Å². The molecule has 0 radical (unpaired) electrons. The van der Waals surface area contributed by atoms with E-state index < -0.39 is 0 Å². The third-order valence-corrected chi connectivity index (χ3v) is 3.95. The first-order valence-corrected chi connectivity index (χ1v) is 7.74. The minimum atomic E-state index is 0.226. The van der Waals surface area contributed by atoms with Crippen LogP contribution in [-0.2, 0) is 0 Å². The lowest BCUT2D eigenvalue weighted by Crippen LogP contribution is -2.57. The van der Waals surface area contributed by atoms with Crippen LogP contribution < -0.4 is 15.0 Å². The quantitative estimate of drug-likeness (QED) is 0.913. The smallest absolute Gasteiger partial charge is 0.119 e. The third-order valence-electron chi connectivity index (χ3n) is 3.95. The molecule has 1 saturated heterocycles. The minimum Gasteiger partial charge on any atom is -0.491 e. The summed E-state index contributed by atoms with van der Waals surface area (Å²) in [5.41, 5.74) is 1.29. The van der Waals surface area contributed by atoms with Gasteiger partial charge in [0.1, 0.15) is 5.75 Å². The van der Waals surface area contributed by atoms with Crippen LogP contribution in [0.1, 0.15) is 34.6 Å². The van der Waals surface area contributed by atoms with Gasteiger partial charge < -0.3 is 15.0 Å². The van der Waals surface area contributed by atoms with Crippen LogP contribution >= 0.6 is 0 Å². The van der Waals surface area contributed by atoms with Crippen LogP contribution in [0.25, 0.3) is 0 Å². The van der Waals surface area contributed by atoms with E-state index >= 15 is 0 Å². The lowest BCUT2D eigenvalue weighted by atomic mass is 9.99. The number of benzene rings is 1. The molecule has 0 aromatic heterocycles. The van der Waals surface area contributed by atoms with Crippen molar-refractivity contribution in [2.45, 2.75) is 52.8 Å². The lowest BCUT2D eigenvalue weighted by molar-refractivity contribution is 0.242. The number of hydrogen-bond acceptors (Lipinski definition) is 3. The van der Waals surface area contributed by atoms with Gasteiger partial charge in [-0.2, -0.15) is 0 Å². The molecule has 2 rings (SSSR count). The summed E-state index contributed by atoms with van der Waals surface area (Å²) in [6, 6.07) is 9.61. The summed E-state index contributed by atoms with van der Waals surface area (Å²) >= 11 is 0. The highest BCUT2D eigenvalue weighted by Gasteiger charge is 2.26. The number of hydrogen-bond donors (Lipinski definition) is 1. The van der Waals surface area contributed by atoms with E-state index in [1.165, 1.54) is 5.69 Å². The maximum atomic E-state index is 5.71. The van der Waals surface area contributed by atoms with Crippen molar-refractivity contribution < 1.29 is 4.74 Å². The van der Waals surface area contributed by atoms with Crippen molar-refractivity contribution >= 4 is 5.69 Å². The normalized spacial score (nSPS) is 23.4. The average molecular weight is 276 g/mol. The van der Waals surface area contributed by atoms with E-state index in [1.807, 2.05) is 0 Å². The molecule has 2 atom stereocenters. The van der Waals surface area contributed by atoms with Crippen molar-refractivity contribution in [3.63, 3.8) is 0 Å². The Labute approximate surface area is 123 Å². The van der Waals surface area contributed by atoms with Crippen LogP contribution in [0.3, 0.4) is 0 Å². The zero-order chi connectivity index (χ0) is 14.7. The van der Waals surface area contributed by atoms with Crippen LogP contribution in [0.5, 0.6) is 5.75 Å². The van der Waals surface area contributed by atoms with Crippen LogP contribution in [0.2, 0.25) is 0 Å². The second kappa shape index (κ2) is 6.49. The number of anilines is 1. The van der Waals surface area contributed by atoms with Crippen molar-refractivity contribution in [2.75, 3.05) is 18.0 Å². The van der Waals surface area contributed by atoms with E-state index in [2.05, 4.69) is 69.1 Å². The van der Waals surface area contributed by atoms with Gasteiger partial charge in [-0.15, -0.1) is 0 Å². The van der Waals surface area contributed by atoms with E-state index in [0.717, 1.165) is 18.8 Å². The Hall–Kier alpha value is -1.22. The monoisotopic (exact) mass is 276 g/mol. The largest absolute Gasteiger partial charge is 0.491 e. The van der Waals surface area contributed by atoms with Gasteiger partial charge >= 0.3 is 0 Å². The van der Waals surface area contributed by atoms with Gasteiger partial charge in [-0.05, 0) is 51.0 Å². The zero-order valence-corrected chi connectivity index (χ0v) is 13.4. The molecule has 0 bridgehead atoms. The fourth-order valence-electron chi connectivity index (χ4n) is 2.68. The fourth-order valence-corrected chi connectivity index (χ4v) is 2.68. The summed E-state index contributed by atoms with van der Waals surface area (Å²) in [6.07, 6.45) is 0.226. The molecule has 20 heavy (non-hydrogen) atoms. The maximum Gasteiger partial charge on any atom is 0.119 e. The molecular weight excluding hydrogens is 248 g/mol. The van der Waals surface area contributed by atoms with Crippen LogP contribution in [0.4, 0.5) is 5.69 Å². The summed E-state index contributed by atoms with van der Waals surface area (Å²) in [7, 11) is 0. The molecule has 1 N–H and O–H groups in total. The standard InChI is InChI=1S/C17H28N2O/c1-12(2)17-11-19(14(5)10-18-17)15-6-8-16(9-7-15)20-13(3)4/h6-9,12-14,17-18H,10-11H2,1-5H3. The molecule has 1 heterocycles. The number of nitrogens with one attached hydrogen (secondary N) is 1. The summed E-state index contributed by atoms with van der Waals surface area (Å²) in [5, 5.41) is 3.64. The molecule has 112 valence electrons. The zero-order valence-electron chi connectivity index (χ0n) is 13.4. The summed E-state index contributed by atoms with van der Waals surface area (Å²) < 4.78 is 5.71. The Kier molecular flexibility index (Phi) is 4.92. The molecule has 1 fully saturated rings. The number of rotatable bonds is 4. The second-order valence-electron chi connectivity index (χ2n) is 6.42. The second-order valence-corrected chi connectivity index (χ2v) is 6.42. The van der Waals surface area contributed by atoms with Crippen molar-refractivity contribution in [1.82, 2.24) is 5.32 Å². The average Bonchev–Trinajstić information content (AvgIpc) is 2.39.